The normalized spacial score (nSPS) is 19.9. The van der Waals surface area contributed by atoms with Crippen molar-refractivity contribution in [3.63, 3.8) is 0 Å². The van der Waals surface area contributed by atoms with E-state index in [1.165, 1.54) is 36.1 Å². The van der Waals surface area contributed by atoms with Gasteiger partial charge in [-0.2, -0.15) is 0 Å². The predicted molar refractivity (Wildman–Crippen MR) is 73.9 cm³/mol. The van der Waals surface area contributed by atoms with E-state index in [0.29, 0.717) is 6.04 Å². The molecule has 1 N–H and O–H groups in total. The van der Waals surface area contributed by atoms with Crippen molar-refractivity contribution in [1.29, 1.82) is 0 Å². The fourth-order valence-electron chi connectivity index (χ4n) is 2.98. The van der Waals surface area contributed by atoms with Gasteiger partial charge in [0, 0.05) is 38.0 Å². The van der Waals surface area contributed by atoms with Crippen molar-refractivity contribution in [2.75, 3.05) is 32.1 Å². The maximum absolute atomic E-state index is 5.42. The Morgan fingerprint density at radius 3 is 3.00 bits per heavy atom. The molecule has 0 saturated carbocycles. The number of fused-ring (bicyclic) bond motifs is 1. The third-order valence-electron chi connectivity index (χ3n) is 4.13. The van der Waals surface area contributed by atoms with Crippen molar-refractivity contribution < 1.29 is 4.74 Å². The molecule has 1 saturated heterocycles. The summed E-state index contributed by atoms with van der Waals surface area (Å²) in [4.78, 5) is 2.47. The van der Waals surface area contributed by atoms with Gasteiger partial charge in [0.1, 0.15) is 0 Å². The van der Waals surface area contributed by atoms with Gasteiger partial charge < -0.3 is 10.1 Å². The Morgan fingerprint density at radius 2 is 2.17 bits per heavy atom. The SMILES string of the molecule is CN(Cc1ccc2c(c1)NCC2)C1CCOCC1. The van der Waals surface area contributed by atoms with Gasteiger partial charge in [-0.25, -0.2) is 0 Å². The van der Waals surface area contributed by atoms with Gasteiger partial charge in [0.15, 0.2) is 0 Å². The second-order valence-electron chi connectivity index (χ2n) is 5.43. The number of rotatable bonds is 3. The summed E-state index contributed by atoms with van der Waals surface area (Å²) in [5, 5.41) is 3.45. The van der Waals surface area contributed by atoms with Crippen LogP contribution in [0.1, 0.15) is 24.0 Å². The first-order chi connectivity index (χ1) is 8.83. The average molecular weight is 246 g/mol. The van der Waals surface area contributed by atoms with Crippen LogP contribution in [-0.4, -0.2) is 37.7 Å². The molecule has 1 aromatic rings. The van der Waals surface area contributed by atoms with E-state index in [0.717, 1.165) is 26.3 Å². The number of hydrogen-bond donors (Lipinski definition) is 1. The Kier molecular flexibility index (Phi) is 3.52. The third-order valence-corrected chi connectivity index (χ3v) is 4.13. The van der Waals surface area contributed by atoms with Gasteiger partial charge in [-0.05, 0) is 43.5 Å². The minimum Gasteiger partial charge on any atom is -0.384 e. The Morgan fingerprint density at radius 1 is 1.33 bits per heavy atom. The van der Waals surface area contributed by atoms with Crippen molar-refractivity contribution >= 4 is 5.69 Å². The lowest BCUT2D eigenvalue weighted by atomic mass is 10.1. The molecule has 18 heavy (non-hydrogen) atoms. The van der Waals surface area contributed by atoms with E-state index in [1.807, 2.05) is 0 Å². The number of hydrogen-bond acceptors (Lipinski definition) is 3. The minimum absolute atomic E-state index is 0.681. The molecule has 0 amide bonds. The molecule has 3 rings (SSSR count). The van der Waals surface area contributed by atoms with Crippen LogP contribution in [0.2, 0.25) is 0 Å². The lowest BCUT2D eigenvalue weighted by molar-refractivity contribution is 0.0407. The van der Waals surface area contributed by atoms with E-state index in [2.05, 4.69) is 35.5 Å². The zero-order chi connectivity index (χ0) is 12.4. The molecule has 3 nitrogen and oxygen atoms in total. The first-order valence-corrected chi connectivity index (χ1v) is 6.96. The number of ether oxygens (including phenoxy) is 1. The minimum atomic E-state index is 0.681. The summed E-state index contributed by atoms with van der Waals surface area (Å²) < 4.78 is 5.42. The summed E-state index contributed by atoms with van der Waals surface area (Å²) in [6.07, 6.45) is 3.50. The van der Waals surface area contributed by atoms with Crippen molar-refractivity contribution in [3.8, 4) is 0 Å². The van der Waals surface area contributed by atoms with Crippen LogP contribution in [0.15, 0.2) is 18.2 Å². The second-order valence-corrected chi connectivity index (χ2v) is 5.43. The predicted octanol–water partition coefficient (Wildman–Crippen LogP) is 2.27. The van der Waals surface area contributed by atoms with Crippen molar-refractivity contribution in [1.82, 2.24) is 4.90 Å². The Balaban J connectivity index is 1.64. The van der Waals surface area contributed by atoms with Crippen LogP contribution in [-0.2, 0) is 17.7 Å². The fourth-order valence-corrected chi connectivity index (χ4v) is 2.98. The lowest BCUT2D eigenvalue weighted by Crippen LogP contribution is -2.36. The highest BCUT2D eigenvalue weighted by Crippen LogP contribution is 2.24. The van der Waals surface area contributed by atoms with E-state index >= 15 is 0 Å². The Bertz CT molecular complexity index is 413. The largest absolute Gasteiger partial charge is 0.384 e. The highest BCUT2D eigenvalue weighted by atomic mass is 16.5. The Hall–Kier alpha value is -1.06. The number of anilines is 1. The molecular weight excluding hydrogens is 224 g/mol. The summed E-state index contributed by atoms with van der Waals surface area (Å²) in [7, 11) is 2.23. The molecule has 1 aromatic carbocycles. The molecule has 0 atom stereocenters. The van der Waals surface area contributed by atoms with Gasteiger partial charge >= 0.3 is 0 Å². The Labute approximate surface area is 109 Å². The van der Waals surface area contributed by atoms with Crippen molar-refractivity contribution in [3.05, 3.63) is 29.3 Å². The molecule has 0 spiro atoms. The van der Waals surface area contributed by atoms with Gasteiger partial charge in [-0.1, -0.05) is 12.1 Å². The van der Waals surface area contributed by atoms with Crippen molar-refractivity contribution in [2.24, 2.45) is 0 Å². The molecule has 0 aromatic heterocycles. The summed E-state index contributed by atoms with van der Waals surface area (Å²) in [6.45, 7) is 3.97. The van der Waals surface area contributed by atoms with Gasteiger partial charge in [-0.15, -0.1) is 0 Å². The standard InChI is InChI=1S/C15H22N2O/c1-17(14-5-8-18-9-6-14)11-12-2-3-13-4-7-16-15(13)10-12/h2-3,10,14,16H,4-9,11H2,1H3. The molecule has 1 fully saturated rings. The molecule has 0 bridgehead atoms. The van der Waals surface area contributed by atoms with Crippen LogP contribution < -0.4 is 5.32 Å². The highest BCUT2D eigenvalue weighted by molar-refractivity contribution is 5.56. The van der Waals surface area contributed by atoms with Gasteiger partial charge in [-0.3, -0.25) is 4.90 Å². The molecule has 3 heteroatoms. The number of benzene rings is 1. The highest BCUT2D eigenvalue weighted by Gasteiger charge is 2.19. The van der Waals surface area contributed by atoms with E-state index in [9.17, 15) is 0 Å². The molecule has 98 valence electrons. The molecule has 0 unspecified atom stereocenters. The van der Waals surface area contributed by atoms with Gasteiger partial charge in [0.25, 0.3) is 0 Å². The van der Waals surface area contributed by atoms with Crippen LogP contribution in [0.4, 0.5) is 5.69 Å². The summed E-state index contributed by atoms with van der Waals surface area (Å²) in [6, 6.07) is 7.56. The first-order valence-electron chi connectivity index (χ1n) is 6.96. The number of nitrogens with zero attached hydrogens (tertiary/aromatic N) is 1. The summed E-state index contributed by atoms with van der Waals surface area (Å²) in [5.74, 6) is 0. The van der Waals surface area contributed by atoms with Gasteiger partial charge in [0.2, 0.25) is 0 Å². The monoisotopic (exact) mass is 246 g/mol. The summed E-state index contributed by atoms with van der Waals surface area (Å²) in [5.41, 5.74) is 4.22. The van der Waals surface area contributed by atoms with Crippen molar-refractivity contribution in [2.45, 2.75) is 31.8 Å². The van der Waals surface area contributed by atoms with Crippen LogP contribution in [0.5, 0.6) is 0 Å². The topological polar surface area (TPSA) is 24.5 Å². The van der Waals surface area contributed by atoms with E-state index in [1.54, 1.807) is 0 Å². The summed E-state index contributed by atoms with van der Waals surface area (Å²) >= 11 is 0. The lowest BCUT2D eigenvalue weighted by Gasteiger charge is -2.31. The fraction of sp³-hybridized carbons (Fsp3) is 0.600. The zero-order valence-electron chi connectivity index (χ0n) is 11.1. The number of nitrogens with one attached hydrogen (secondary N) is 1. The quantitative estimate of drug-likeness (QED) is 0.885. The molecular formula is C15H22N2O. The molecule has 2 aliphatic rings. The second kappa shape index (κ2) is 5.29. The first kappa shape index (κ1) is 12.0. The van der Waals surface area contributed by atoms with E-state index in [-0.39, 0.29) is 0 Å². The average Bonchev–Trinajstić information content (AvgIpc) is 2.87. The van der Waals surface area contributed by atoms with Crippen LogP contribution in [0.3, 0.4) is 0 Å². The zero-order valence-corrected chi connectivity index (χ0v) is 11.1. The van der Waals surface area contributed by atoms with Crippen LogP contribution >= 0.6 is 0 Å². The maximum Gasteiger partial charge on any atom is 0.0480 e. The molecule has 2 aliphatic heterocycles. The smallest absolute Gasteiger partial charge is 0.0480 e. The van der Waals surface area contributed by atoms with E-state index < -0.39 is 0 Å². The molecule has 0 aliphatic carbocycles. The molecule has 0 radical (unpaired) electrons. The molecule has 2 heterocycles. The van der Waals surface area contributed by atoms with Crippen LogP contribution in [0, 0.1) is 0 Å². The van der Waals surface area contributed by atoms with Crippen LogP contribution in [0.25, 0.3) is 0 Å². The third kappa shape index (κ3) is 2.52. The van der Waals surface area contributed by atoms with Gasteiger partial charge in [0.05, 0.1) is 0 Å². The maximum atomic E-state index is 5.42. The van der Waals surface area contributed by atoms with E-state index in [4.69, 9.17) is 4.74 Å².